The fourth-order valence-electron chi connectivity index (χ4n) is 11.6. The second-order valence-electron chi connectivity index (χ2n) is 18.4. The molecule has 14 rings (SSSR count). The Balaban J connectivity index is 0.987. The summed E-state index contributed by atoms with van der Waals surface area (Å²) < 4.78 is 12.1. The van der Waals surface area contributed by atoms with E-state index < -0.39 is 8.07 Å². The highest BCUT2D eigenvalue weighted by Gasteiger charge is 2.41. The van der Waals surface area contributed by atoms with Gasteiger partial charge >= 0.3 is 0 Å². The van der Waals surface area contributed by atoms with Crippen LogP contribution < -0.4 is 20.7 Å². The van der Waals surface area contributed by atoms with Gasteiger partial charge in [-0.05, 0) is 92.0 Å². The number of hydrogen-bond donors (Lipinski definition) is 0. The van der Waals surface area contributed by atoms with Crippen LogP contribution in [0.15, 0.2) is 271 Å². The van der Waals surface area contributed by atoms with Crippen LogP contribution in [0.25, 0.3) is 99.2 Å². The van der Waals surface area contributed by atoms with E-state index in [0.717, 1.165) is 61.0 Å². The molecule has 0 aliphatic heterocycles. The third kappa shape index (κ3) is 6.07. The Kier molecular flexibility index (Phi) is 9.23. The minimum absolute atomic E-state index is 0.860. The van der Waals surface area contributed by atoms with E-state index in [0.29, 0.717) is 0 Å². The molecule has 0 bridgehead atoms. The number of rotatable bonds is 8. The number of benzene rings is 11. The molecular weight excluding hydrogens is 865 g/mol. The van der Waals surface area contributed by atoms with Gasteiger partial charge in [-0.1, -0.05) is 212 Å². The lowest BCUT2D eigenvalue weighted by Gasteiger charge is -2.34. The predicted octanol–water partition coefficient (Wildman–Crippen LogP) is 14.5. The fraction of sp³-hybridized carbons (Fsp3) is 0. The molecule has 0 fully saturated rings. The summed E-state index contributed by atoms with van der Waals surface area (Å²) in [6, 6.07) is 98.0. The summed E-state index contributed by atoms with van der Waals surface area (Å²) >= 11 is 0. The monoisotopic (exact) mass is 908 g/mol. The van der Waals surface area contributed by atoms with Crippen LogP contribution in [-0.4, -0.2) is 17.2 Å². The third-order valence-electron chi connectivity index (χ3n) is 14.6. The molecule has 3 nitrogen and oxygen atoms in total. The van der Waals surface area contributed by atoms with E-state index in [1.54, 1.807) is 0 Å². The summed E-state index contributed by atoms with van der Waals surface area (Å²) in [5.41, 5.74) is 13.0. The maximum Gasteiger partial charge on any atom is 0.179 e. The smallest absolute Gasteiger partial charge is 0.179 e. The lowest BCUT2D eigenvalue weighted by molar-refractivity contribution is 0.667. The first-order valence-electron chi connectivity index (χ1n) is 24.1. The van der Waals surface area contributed by atoms with Crippen molar-refractivity contribution in [1.29, 1.82) is 0 Å². The Labute approximate surface area is 406 Å². The van der Waals surface area contributed by atoms with E-state index in [1.165, 1.54) is 58.9 Å². The van der Waals surface area contributed by atoms with Crippen LogP contribution in [-0.2, 0) is 0 Å². The molecule has 14 aromatic rings. The van der Waals surface area contributed by atoms with Gasteiger partial charge in [-0.3, -0.25) is 0 Å². The van der Waals surface area contributed by atoms with Gasteiger partial charge in [-0.15, -0.1) is 0 Å². The van der Waals surface area contributed by atoms with Crippen molar-refractivity contribution >= 4 is 94.4 Å². The van der Waals surface area contributed by atoms with Crippen LogP contribution in [0.3, 0.4) is 0 Å². The Bertz CT molecular complexity index is 4130. The van der Waals surface area contributed by atoms with Gasteiger partial charge in [0.2, 0.25) is 0 Å². The number of fused-ring (bicyclic) bond motifs is 9. The average Bonchev–Trinajstić information content (AvgIpc) is 4.10. The molecule has 0 aliphatic carbocycles. The number of furan rings is 1. The number of hydrogen-bond acceptors (Lipinski definition) is 1. The Hall–Kier alpha value is -8.96. The van der Waals surface area contributed by atoms with Gasteiger partial charge < -0.3 is 13.6 Å². The van der Waals surface area contributed by atoms with Crippen molar-refractivity contribution in [3.63, 3.8) is 0 Å². The molecule has 0 N–H and O–H groups in total. The molecule has 3 aromatic heterocycles. The molecule has 3 heterocycles. The molecule has 328 valence electrons. The van der Waals surface area contributed by atoms with Crippen LogP contribution in [0.2, 0.25) is 0 Å². The first-order valence-corrected chi connectivity index (χ1v) is 26.1. The maximum absolute atomic E-state index is 7.29. The highest BCUT2D eigenvalue weighted by atomic mass is 28.3. The predicted molar refractivity (Wildman–Crippen MR) is 297 cm³/mol. The van der Waals surface area contributed by atoms with E-state index in [2.05, 4.69) is 276 Å². The van der Waals surface area contributed by atoms with Crippen molar-refractivity contribution in [1.82, 2.24) is 9.13 Å². The maximum atomic E-state index is 7.29. The van der Waals surface area contributed by atoms with Crippen molar-refractivity contribution in [3.05, 3.63) is 267 Å². The molecule has 0 aliphatic rings. The molecule has 70 heavy (non-hydrogen) atoms. The van der Waals surface area contributed by atoms with Gasteiger partial charge in [0.15, 0.2) is 13.7 Å². The Morgan fingerprint density at radius 3 is 1.36 bits per heavy atom. The van der Waals surface area contributed by atoms with Gasteiger partial charge in [0.05, 0.1) is 27.8 Å². The lowest BCUT2D eigenvalue weighted by atomic mass is 9.96. The molecule has 0 atom stereocenters. The van der Waals surface area contributed by atoms with Crippen molar-refractivity contribution < 1.29 is 4.42 Å². The molecule has 11 aromatic carbocycles. The van der Waals surface area contributed by atoms with Gasteiger partial charge in [0.25, 0.3) is 0 Å². The van der Waals surface area contributed by atoms with Gasteiger partial charge in [-0.2, -0.15) is 0 Å². The zero-order valence-electron chi connectivity index (χ0n) is 38.2. The van der Waals surface area contributed by atoms with E-state index in [4.69, 9.17) is 4.42 Å². The highest BCUT2D eigenvalue weighted by molar-refractivity contribution is 7.19. The lowest BCUT2D eigenvalue weighted by Crippen LogP contribution is -2.74. The first-order chi connectivity index (χ1) is 34.7. The molecule has 0 saturated carbocycles. The van der Waals surface area contributed by atoms with Crippen LogP contribution in [0.5, 0.6) is 0 Å². The normalized spacial score (nSPS) is 12.0. The third-order valence-corrected chi connectivity index (χ3v) is 19.4. The first kappa shape index (κ1) is 40.1. The van der Waals surface area contributed by atoms with Crippen LogP contribution >= 0.6 is 0 Å². The Morgan fingerprint density at radius 2 is 0.743 bits per heavy atom. The second-order valence-corrected chi connectivity index (χ2v) is 22.2. The standard InChI is InChI=1S/C66H44N2OSi/c1-5-21-45(22-6-1)57-42-47(46-23-19-30-52(41-46)70(49-24-7-2-8-25-49,50-26-9-3-10-27-50)51-28-11-4-12-29-51)43-59-56-34-20-38-64(66(56)69-65(57)59)68-62-37-18-15-33-55(62)58-44-48(39-40-63(58)68)67-60-35-16-13-31-53(60)54-32-14-17-36-61(54)67/h1-44H. The van der Waals surface area contributed by atoms with Crippen molar-refractivity contribution in [2.45, 2.75) is 0 Å². The van der Waals surface area contributed by atoms with Crippen LogP contribution in [0.4, 0.5) is 0 Å². The topological polar surface area (TPSA) is 23.0 Å². The Morgan fingerprint density at radius 1 is 0.271 bits per heavy atom. The van der Waals surface area contributed by atoms with E-state index in [1.807, 2.05) is 0 Å². The number of aromatic nitrogens is 2. The van der Waals surface area contributed by atoms with Gasteiger partial charge in [-0.25, -0.2) is 0 Å². The van der Waals surface area contributed by atoms with Crippen LogP contribution in [0.1, 0.15) is 0 Å². The van der Waals surface area contributed by atoms with E-state index in [9.17, 15) is 0 Å². The molecular formula is C66H44N2OSi. The van der Waals surface area contributed by atoms with E-state index >= 15 is 0 Å². The zero-order chi connectivity index (χ0) is 46.2. The SMILES string of the molecule is c1ccc(-c2cc(-c3cccc([Si](c4ccccc4)(c4ccccc4)c4ccccc4)c3)cc3c2oc2c(-n4c5ccccc5c5cc(-n6c7ccccc7c7ccccc76)ccc54)cccc23)cc1. The summed E-state index contributed by atoms with van der Waals surface area (Å²) in [6.07, 6.45) is 0. The van der Waals surface area contributed by atoms with Crippen molar-refractivity contribution in [2.24, 2.45) is 0 Å². The molecule has 4 heteroatoms. The van der Waals surface area contributed by atoms with Gasteiger partial charge in [0, 0.05) is 43.6 Å². The molecule has 0 spiro atoms. The molecule has 0 saturated heterocycles. The number of nitrogens with zero attached hydrogens (tertiary/aromatic N) is 2. The molecule has 0 radical (unpaired) electrons. The summed E-state index contributed by atoms with van der Waals surface area (Å²) in [7, 11) is -2.78. The average molecular weight is 909 g/mol. The van der Waals surface area contributed by atoms with Crippen LogP contribution in [0, 0.1) is 0 Å². The summed E-state index contributed by atoms with van der Waals surface area (Å²) in [6.45, 7) is 0. The fourth-order valence-corrected chi connectivity index (χ4v) is 16.4. The number of para-hydroxylation sites is 4. The second kappa shape index (κ2) is 16.1. The molecule has 0 amide bonds. The van der Waals surface area contributed by atoms with Gasteiger partial charge in [0.1, 0.15) is 5.58 Å². The van der Waals surface area contributed by atoms with Crippen molar-refractivity contribution in [3.8, 4) is 33.6 Å². The van der Waals surface area contributed by atoms with E-state index in [-0.39, 0.29) is 0 Å². The minimum atomic E-state index is -2.78. The zero-order valence-corrected chi connectivity index (χ0v) is 39.2. The largest absolute Gasteiger partial charge is 0.453 e. The quantitative estimate of drug-likeness (QED) is 0.110. The highest BCUT2D eigenvalue weighted by Crippen LogP contribution is 2.43. The van der Waals surface area contributed by atoms with Crippen molar-refractivity contribution in [2.75, 3.05) is 0 Å². The summed E-state index contributed by atoms with van der Waals surface area (Å²) in [4.78, 5) is 0. The molecule has 0 unspecified atom stereocenters. The minimum Gasteiger partial charge on any atom is -0.453 e. The summed E-state index contributed by atoms with van der Waals surface area (Å²) in [5.74, 6) is 0. The summed E-state index contributed by atoms with van der Waals surface area (Å²) in [5, 5.41) is 12.5.